The second-order valence-corrected chi connectivity index (χ2v) is 9.71. The highest BCUT2D eigenvalue weighted by molar-refractivity contribution is 7.15. The van der Waals surface area contributed by atoms with E-state index >= 15 is 0 Å². The Kier molecular flexibility index (Phi) is 3.95. The first-order valence-corrected chi connectivity index (χ1v) is 10.7. The molecule has 148 valence electrons. The van der Waals surface area contributed by atoms with Crippen molar-refractivity contribution in [2.45, 2.75) is 51.6 Å². The molecule has 0 atom stereocenters. The maximum Gasteiger partial charge on any atom is 0.166 e. The largest absolute Gasteiger partial charge is 0.386 e. The van der Waals surface area contributed by atoms with Gasteiger partial charge in [0.25, 0.3) is 0 Å². The fraction of sp³-hybridized carbons (Fsp3) is 0.348. The van der Waals surface area contributed by atoms with Crippen molar-refractivity contribution in [3.63, 3.8) is 0 Å². The number of hydrogen-bond donors (Lipinski definition) is 1. The van der Waals surface area contributed by atoms with Gasteiger partial charge in [0.1, 0.15) is 5.82 Å². The highest BCUT2D eigenvalue weighted by atomic mass is 32.1. The summed E-state index contributed by atoms with van der Waals surface area (Å²) in [6.45, 7) is 7.68. The van der Waals surface area contributed by atoms with Crippen LogP contribution in [0.2, 0.25) is 0 Å². The molecule has 0 saturated heterocycles. The molecule has 0 amide bonds. The molecule has 1 fully saturated rings. The number of thiazole rings is 1. The average Bonchev–Trinajstić information content (AvgIpc) is 3.24. The normalized spacial score (nSPS) is 15.8. The number of pyridine rings is 1. The molecule has 29 heavy (non-hydrogen) atoms. The Bertz CT molecular complexity index is 1210. The van der Waals surface area contributed by atoms with Crippen LogP contribution in [-0.2, 0) is 11.0 Å². The molecule has 0 unspecified atom stereocenters. The zero-order valence-corrected chi connectivity index (χ0v) is 17.9. The fourth-order valence-corrected chi connectivity index (χ4v) is 5.15. The number of benzene rings is 1. The molecule has 3 aromatic heterocycles. The molecule has 3 heterocycles. The lowest BCUT2D eigenvalue weighted by molar-refractivity contribution is 0.0796. The number of aryl methyl sites for hydroxylation is 2. The lowest BCUT2D eigenvalue weighted by atomic mass is 9.93. The molecule has 0 aliphatic heterocycles. The van der Waals surface area contributed by atoms with Gasteiger partial charge in [-0.2, -0.15) is 0 Å². The van der Waals surface area contributed by atoms with Gasteiger partial charge in [-0.3, -0.25) is 4.40 Å². The van der Waals surface area contributed by atoms with Crippen LogP contribution >= 0.6 is 11.3 Å². The third-order valence-corrected chi connectivity index (χ3v) is 7.00. The standard InChI is InChI=1S/C23H24N4OS/c1-14-19(29-15(2)24-14)16-7-9-17(10-8-16)23(11-12-23)21-26-25-20-18(22(3,4)28)6-5-13-27(20)21/h5-10,13,28H,11-12H2,1-4H3. The Hall–Kier alpha value is -2.57. The van der Waals surface area contributed by atoms with E-state index in [4.69, 9.17) is 0 Å². The molecule has 1 aromatic carbocycles. The number of aliphatic hydroxyl groups is 1. The van der Waals surface area contributed by atoms with Crippen molar-refractivity contribution in [1.82, 2.24) is 19.6 Å². The minimum atomic E-state index is -0.962. The van der Waals surface area contributed by atoms with Crippen molar-refractivity contribution in [1.29, 1.82) is 0 Å². The molecule has 4 aromatic rings. The number of nitrogens with zero attached hydrogens (tertiary/aromatic N) is 4. The molecule has 1 aliphatic carbocycles. The van der Waals surface area contributed by atoms with Crippen LogP contribution in [0.1, 0.15) is 54.3 Å². The van der Waals surface area contributed by atoms with Crippen molar-refractivity contribution in [3.8, 4) is 10.4 Å². The maximum absolute atomic E-state index is 10.5. The molecule has 0 spiro atoms. The SMILES string of the molecule is Cc1nc(C)c(-c2ccc(C3(c4nnc5c(C(C)(C)O)cccn45)CC3)cc2)s1. The quantitative estimate of drug-likeness (QED) is 0.532. The lowest BCUT2D eigenvalue weighted by Crippen LogP contribution is -2.18. The topological polar surface area (TPSA) is 63.3 Å². The molecule has 0 bridgehead atoms. The summed E-state index contributed by atoms with van der Waals surface area (Å²) in [5.74, 6) is 0.955. The Morgan fingerprint density at radius 3 is 2.38 bits per heavy atom. The van der Waals surface area contributed by atoms with Gasteiger partial charge in [0.2, 0.25) is 0 Å². The van der Waals surface area contributed by atoms with Gasteiger partial charge in [0, 0.05) is 11.8 Å². The summed E-state index contributed by atoms with van der Waals surface area (Å²) in [6, 6.07) is 12.7. The van der Waals surface area contributed by atoms with Crippen LogP contribution in [0, 0.1) is 13.8 Å². The van der Waals surface area contributed by atoms with Crippen LogP contribution in [0.25, 0.3) is 16.1 Å². The van der Waals surface area contributed by atoms with E-state index in [0.717, 1.165) is 40.6 Å². The van der Waals surface area contributed by atoms with E-state index in [1.54, 1.807) is 25.2 Å². The van der Waals surface area contributed by atoms with Gasteiger partial charge < -0.3 is 5.11 Å². The van der Waals surface area contributed by atoms with E-state index < -0.39 is 5.60 Å². The number of hydrogen-bond acceptors (Lipinski definition) is 5. The summed E-state index contributed by atoms with van der Waals surface area (Å²) in [4.78, 5) is 5.79. The fourth-order valence-electron chi connectivity index (χ4n) is 4.23. The van der Waals surface area contributed by atoms with Gasteiger partial charge >= 0.3 is 0 Å². The van der Waals surface area contributed by atoms with Crippen LogP contribution in [0.3, 0.4) is 0 Å². The predicted molar refractivity (Wildman–Crippen MR) is 115 cm³/mol. The minimum absolute atomic E-state index is 0.102. The smallest absolute Gasteiger partial charge is 0.166 e. The first kappa shape index (κ1) is 18.5. The second-order valence-electron chi connectivity index (χ2n) is 8.50. The lowest BCUT2D eigenvalue weighted by Gasteiger charge is -2.19. The van der Waals surface area contributed by atoms with Crippen LogP contribution in [-0.4, -0.2) is 24.7 Å². The Morgan fingerprint density at radius 2 is 1.79 bits per heavy atom. The van der Waals surface area contributed by atoms with Crippen molar-refractivity contribution < 1.29 is 5.11 Å². The van der Waals surface area contributed by atoms with E-state index in [1.807, 2.05) is 29.7 Å². The van der Waals surface area contributed by atoms with Crippen molar-refractivity contribution in [3.05, 3.63) is 70.2 Å². The van der Waals surface area contributed by atoms with Crippen molar-refractivity contribution in [2.75, 3.05) is 0 Å². The molecular formula is C23H24N4OS. The van der Waals surface area contributed by atoms with E-state index in [-0.39, 0.29) is 5.41 Å². The average molecular weight is 405 g/mol. The van der Waals surface area contributed by atoms with Gasteiger partial charge in [-0.05, 0) is 57.7 Å². The highest BCUT2D eigenvalue weighted by Gasteiger charge is 2.49. The molecule has 5 rings (SSSR count). The zero-order valence-electron chi connectivity index (χ0n) is 17.1. The van der Waals surface area contributed by atoms with Crippen LogP contribution in [0.4, 0.5) is 0 Å². The number of fused-ring (bicyclic) bond motifs is 1. The third-order valence-electron chi connectivity index (χ3n) is 5.88. The first-order chi connectivity index (χ1) is 13.8. The zero-order chi connectivity index (χ0) is 20.4. The predicted octanol–water partition coefficient (Wildman–Crippen LogP) is 4.78. The van der Waals surface area contributed by atoms with Gasteiger partial charge in [-0.25, -0.2) is 4.98 Å². The minimum Gasteiger partial charge on any atom is -0.386 e. The van der Waals surface area contributed by atoms with E-state index in [2.05, 4.69) is 46.4 Å². The molecule has 0 radical (unpaired) electrons. The highest BCUT2D eigenvalue weighted by Crippen LogP contribution is 2.53. The summed E-state index contributed by atoms with van der Waals surface area (Å²) < 4.78 is 2.05. The van der Waals surface area contributed by atoms with E-state index in [9.17, 15) is 5.11 Å². The first-order valence-electron chi connectivity index (χ1n) is 9.92. The number of rotatable bonds is 4. The van der Waals surface area contributed by atoms with Crippen LogP contribution in [0.5, 0.6) is 0 Å². The Labute approximate surface area is 174 Å². The molecule has 6 heteroatoms. The molecule has 1 N–H and O–H groups in total. The summed E-state index contributed by atoms with van der Waals surface area (Å²) in [6.07, 6.45) is 4.11. The molecule has 5 nitrogen and oxygen atoms in total. The second kappa shape index (κ2) is 6.21. The van der Waals surface area contributed by atoms with E-state index in [0.29, 0.717) is 0 Å². The van der Waals surface area contributed by atoms with Gasteiger partial charge in [0.15, 0.2) is 5.65 Å². The Morgan fingerprint density at radius 1 is 1.07 bits per heavy atom. The summed E-state index contributed by atoms with van der Waals surface area (Å²) in [5, 5.41) is 20.6. The van der Waals surface area contributed by atoms with Gasteiger partial charge in [-0.15, -0.1) is 21.5 Å². The molecular weight excluding hydrogens is 380 g/mol. The van der Waals surface area contributed by atoms with E-state index in [1.165, 1.54) is 16.0 Å². The molecule has 1 aliphatic rings. The van der Waals surface area contributed by atoms with Crippen molar-refractivity contribution >= 4 is 17.0 Å². The summed E-state index contributed by atoms with van der Waals surface area (Å²) >= 11 is 1.74. The molecule has 1 saturated carbocycles. The Balaban J connectivity index is 1.56. The van der Waals surface area contributed by atoms with Crippen LogP contribution in [0.15, 0.2) is 42.6 Å². The van der Waals surface area contributed by atoms with Gasteiger partial charge in [-0.1, -0.05) is 30.3 Å². The number of aromatic nitrogens is 4. The van der Waals surface area contributed by atoms with Gasteiger partial charge in [0.05, 0.1) is 26.6 Å². The summed E-state index contributed by atoms with van der Waals surface area (Å²) in [5.41, 5.74) is 4.02. The maximum atomic E-state index is 10.5. The monoisotopic (exact) mass is 404 g/mol. The van der Waals surface area contributed by atoms with Crippen LogP contribution < -0.4 is 0 Å². The summed E-state index contributed by atoms with van der Waals surface area (Å²) in [7, 11) is 0. The van der Waals surface area contributed by atoms with Crippen molar-refractivity contribution in [2.24, 2.45) is 0 Å². The third kappa shape index (κ3) is 2.90.